The second-order valence-corrected chi connectivity index (χ2v) is 8.24. The molecule has 0 heterocycles. The second-order valence-electron chi connectivity index (χ2n) is 7.25. The van der Waals surface area contributed by atoms with Gasteiger partial charge in [0.25, 0.3) is 0 Å². The van der Waals surface area contributed by atoms with E-state index in [2.05, 4.69) is 16.0 Å². The third-order valence-electron chi connectivity index (χ3n) is 4.26. The van der Waals surface area contributed by atoms with E-state index in [-0.39, 0.29) is 18.8 Å². The van der Waals surface area contributed by atoms with Crippen molar-refractivity contribution < 1.29 is 29.1 Å². The summed E-state index contributed by atoms with van der Waals surface area (Å²) in [5, 5.41) is 16.5. The predicted molar refractivity (Wildman–Crippen MR) is 113 cm³/mol. The summed E-state index contributed by atoms with van der Waals surface area (Å²) in [5.41, 5.74) is 10.8. The summed E-state index contributed by atoms with van der Waals surface area (Å²) >= 11 is 1.55. The van der Waals surface area contributed by atoms with E-state index >= 15 is 0 Å². The molecule has 4 atom stereocenters. The molecule has 0 bridgehead atoms. The Hall–Kier alpha value is -2.34. The van der Waals surface area contributed by atoms with Crippen LogP contribution in [0.3, 0.4) is 0 Å². The largest absolute Gasteiger partial charge is 0.480 e. The van der Waals surface area contributed by atoms with Gasteiger partial charge in [0.1, 0.15) is 18.1 Å². The summed E-state index contributed by atoms with van der Waals surface area (Å²) in [5.74, 6) is -3.40. The Kier molecular flexibility index (Phi) is 12.7. The fraction of sp³-hybridized carbons (Fsp3) is 0.722. The first-order valence-corrected chi connectivity index (χ1v) is 11.0. The highest BCUT2D eigenvalue weighted by molar-refractivity contribution is 7.98. The fourth-order valence-corrected chi connectivity index (χ4v) is 2.87. The van der Waals surface area contributed by atoms with Gasteiger partial charge in [-0.3, -0.25) is 19.2 Å². The topological polar surface area (TPSA) is 194 Å². The van der Waals surface area contributed by atoms with Gasteiger partial charge in [-0.05, 0) is 37.7 Å². The maximum atomic E-state index is 12.6. The van der Waals surface area contributed by atoms with Crippen LogP contribution in [0.15, 0.2) is 0 Å². The lowest BCUT2D eigenvalue weighted by Crippen LogP contribution is -2.57. The minimum Gasteiger partial charge on any atom is -0.480 e. The summed E-state index contributed by atoms with van der Waals surface area (Å²) in [6.07, 6.45) is 1.97. The standard InChI is InChI=1S/C18H33N5O6S/c1-9(2)14(23-16(26)11(19)7-8-30-4)17(27)21-10(3)15(25)22-12(18(28)29)5-6-13(20)24/h9-12,14H,5-8,19H2,1-4H3,(H2,20,24)(H,21,27)(H,22,25)(H,23,26)(H,28,29). The molecule has 0 spiro atoms. The van der Waals surface area contributed by atoms with Crippen LogP contribution < -0.4 is 27.4 Å². The molecule has 0 saturated carbocycles. The van der Waals surface area contributed by atoms with Crippen molar-refractivity contribution in [3.8, 4) is 0 Å². The SMILES string of the molecule is CSCCC(N)C(=O)NC(C(=O)NC(C)C(=O)NC(CCC(N)=O)C(=O)O)C(C)C. The minimum atomic E-state index is -1.32. The van der Waals surface area contributed by atoms with Gasteiger partial charge in [-0.1, -0.05) is 13.8 Å². The van der Waals surface area contributed by atoms with Crippen LogP contribution in [-0.4, -0.2) is 70.9 Å². The third kappa shape index (κ3) is 10.4. The van der Waals surface area contributed by atoms with E-state index in [0.717, 1.165) is 0 Å². The molecule has 30 heavy (non-hydrogen) atoms. The second kappa shape index (κ2) is 13.8. The third-order valence-corrected chi connectivity index (χ3v) is 4.91. The molecule has 0 radical (unpaired) electrons. The number of hydrogen-bond acceptors (Lipinski definition) is 7. The van der Waals surface area contributed by atoms with E-state index in [4.69, 9.17) is 16.6 Å². The zero-order chi connectivity index (χ0) is 23.4. The number of rotatable bonds is 14. The summed E-state index contributed by atoms with van der Waals surface area (Å²) in [7, 11) is 0. The maximum Gasteiger partial charge on any atom is 0.326 e. The van der Waals surface area contributed by atoms with Crippen molar-refractivity contribution in [1.29, 1.82) is 0 Å². The van der Waals surface area contributed by atoms with E-state index < -0.39 is 53.8 Å². The molecule has 0 aromatic rings. The summed E-state index contributed by atoms with van der Waals surface area (Å²) < 4.78 is 0. The summed E-state index contributed by atoms with van der Waals surface area (Å²) in [4.78, 5) is 59.1. The van der Waals surface area contributed by atoms with Gasteiger partial charge in [-0.15, -0.1) is 0 Å². The van der Waals surface area contributed by atoms with Crippen LogP contribution in [-0.2, 0) is 24.0 Å². The van der Waals surface area contributed by atoms with Crippen molar-refractivity contribution in [3.05, 3.63) is 0 Å². The monoisotopic (exact) mass is 447 g/mol. The van der Waals surface area contributed by atoms with Crippen molar-refractivity contribution in [2.45, 2.75) is 64.2 Å². The van der Waals surface area contributed by atoms with Crippen LogP contribution in [0.1, 0.15) is 40.0 Å². The maximum absolute atomic E-state index is 12.6. The molecule has 4 unspecified atom stereocenters. The number of aliphatic carboxylic acids is 1. The van der Waals surface area contributed by atoms with Crippen molar-refractivity contribution in [3.63, 3.8) is 0 Å². The number of hydrogen-bond donors (Lipinski definition) is 6. The van der Waals surface area contributed by atoms with Crippen LogP contribution in [0.5, 0.6) is 0 Å². The number of nitrogens with one attached hydrogen (secondary N) is 3. The number of amides is 4. The Morgan fingerprint density at radius 3 is 2.00 bits per heavy atom. The first kappa shape index (κ1) is 27.7. The molecule has 0 aliphatic rings. The first-order valence-electron chi connectivity index (χ1n) is 9.57. The average molecular weight is 448 g/mol. The molecule has 8 N–H and O–H groups in total. The van der Waals surface area contributed by atoms with E-state index in [1.807, 2.05) is 6.26 Å². The van der Waals surface area contributed by atoms with Gasteiger partial charge in [0, 0.05) is 6.42 Å². The number of carboxylic acids is 1. The zero-order valence-corrected chi connectivity index (χ0v) is 18.6. The number of carbonyl (C=O) groups excluding carboxylic acids is 4. The Balaban J connectivity index is 4.93. The van der Waals surface area contributed by atoms with Crippen LogP contribution >= 0.6 is 11.8 Å². The molecule has 12 heteroatoms. The van der Waals surface area contributed by atoms with E-state index in [1.54, 1.807) is 25.6 Å². The van der Waals surface area contributed by atoms with Gasteiger partial charge in [-0.2, -0.15) is 11.8 Å². The normalized spacial score (nSPS) is 14.9. The number of primary amides is 1. The van der Waals surface area contributed by atoms with Gasteiger partial charge >= 0.3 is 5.97 Å². The number of carboxylic acid groups (broad SMARTS) is 1. The molecule has 11 nitrogen and oxygen atoms in total. The molecule has 0 fully saturated rings. The van der Waals surface area contributed by atoms with Gasteiger partial charge in [0.05, 0.1) is 6.04 Å². The van der Waals surface area contributed by atoms with Gasteiger partial charge in [-0.25, -0.2) is 4.79 Å². The summed E-state index contributed by atoms with van der Waals surface area (Å²) in [6.45, 7) is 4.84. The average Bonchev–Trinajstić information content (AvgIpc) is 2.65. The lowest BCUT2D eigenvalue weighted by Gasteiger charge is -2.25. The first-order chi connectivity index (χ1) is 13.9. The molecule has 0 aliphatic carbocycles. The van der Waals surface area contributed by atoms with Crippen LogP contribution in [0.4, 0.5) is 0 Å². The summed E-state index contributed by atoms with van der Waals surface area (Å²) in [6, 6.07) is -4.07. The van der Waals surface area contributed by atoms with Crippen LogP contribution in [0, 0.1) is 5.92 Å². The molecule has 4 amide bonds. The van der Waals surface area contributed by atoms with Crippen molar-refractivity contribution >= 4 is 41.4 Å². The Labute approximate surface area is 180 Å². The molecule has 0 aromatic heterocycles. The molecule has 0 saturated heterocycles. The van der Waals surface area contributed by atoms with Gasteiger partial charge in [0.15, 0.2) is 0 Å². The highest BCUT2D eigenvalue weighted by Gasteiger charge is 2.29. The van der Waals surface area contributed by atoms with Crippen LogP contribution in [0.25, 0.3) is 0 Å². The van der Waals surface area contributed by atoms with Gasteiger partial charge in [0.2, 0.25) is 23.6 Å². The van der Waals surface area contributed by atoms with Crippen LogP contribution in [0.2, 0.25) is 0 Å². The molecule has 172 valence electrons. The quantitative estimate of drug-likeness (QED) is 0.186. The number of carbonyl (C=O) groups is 5. The van der Waals surface area contributed by atoms with Crippen molar-refractivity contribution in [1.82, 2.24) is 16.0 Å². The van der Waals surface area contributed by atoms with Gasteiger partial charge < -0.3 is 32.5 Å². The lowest BCUT2D eigenvalue weighted by atomic mass is 10.0. The molecule has 0 aliphatic heterocycles. The van der Waals surface area contributed by atoms with E-state index in [0.29, 0.717) is 12.2 Å². The highest BCUT2D eigenvalue weighted by atomic mass is 32.2. The number of thioether (sulfide) groups is 1. The van der Waals surface area contributed by atoms with Crippen molar-refractivity contribution in [2.75, 3.05) is 12.0 Å². The highest BCUT2D eigenvalue weighted by Crippen LogP contribution is 2.05. The lowest BCUT2D eigenvalue weighted by molar-refractivity contribution is -0.142. The molecular weight excluding hydrogens is 414 g/mol. The smallest absolute Gasteiger partial charge is 0.326 e. The molecular formula is C18H33N5O6S. The molecule has 0 aromatic carbocycles. The Morgan fingerprint density at radius 1 is 0.933 bits per heavy atom. The minimum absolute atomic E-state index is 0.171. The van der Waals surface area contributed by atoms with Crippen molar-refractivity contribution in [2.24, 2.45) is 17.4 Å². The molecule has 0 rings (SSSR count). The van der Waals surface area contributed by atoms with E-state index in [1.165, 1.54) is 6.92 Å². The fourth-order valence-electron chi connectivity index (χ4n) is 2.38. The van der Waals surface area contributed by atoms with E-state index in [9.17, 15) is 24.0 Å². The zero-order valence-electron chi connectivity index (χ0n) is 17.8. The Bertz CT molecular complexity index is 630. The Morgan fingerprint density at radius 2 is 1.53 bits per heavy atom. The predicted octanol–water partition coefficient (Wildman–Crippen LogP) is -1.45. The number of nitrogens with two attached hydrogens (primary N) is 2.